The van der Waals surface area contributed by atoms with Gasteiger partial charge in [0.1, 0.15) is 5.69 Å². The highest BCUT2D eigenvalue weighted by atomic mass is 32.1. The van der Waals surface area contributed by atoms with E-state index in [2.05, 4.69) is 24.0 Å². The van der Waals surface area contributed by atoms with Crippen molar-refractivity contribution in [3.05, 3.63) is 40.1 Å². The lowest BCUT2D eigenvalue weighted by molar-refractivity contribution is 0.0722. The highest BCUT2D eigenvalue weighted by Gasteiger charge is 2.34. The summed E-state index contributed by atoms with van der Waals surface area (Å²) in [6.45, 7) is 2.81. The van der Waals surface area contributed by atoms with E-state index in [0.717, 1.165) is 12.8 Å². The minimum atomic E-state index is 0.0913. The second-order valence-corrected chi connectivity index (χ2v) is 6.44. The van der Waals surface area contributed by atoms with Crippen molar-refractivity contribution in [1.29, 1.82) is 0 Å². The Morgan fingerprint density at radius 2 is 2.32 bits per heavy atom. The van der Waals surface area contributed by atoms with Crippen LogP contribution in [-0.4, -0.2) is 26.4 Å². The summed E-state index contributed by atoms with van der Waals surface area (Å²) in [5.74, 6) is 0.0913. The molecular formula is C14H17N3OS. The largest absolute Gasteiger partial charge is 0.330 e. The van der Waals surface area contributed by atoms with Crippen LogP contribution < -0.4 is 0 Å². The maximum Gasteiger partial charge on any atom is 0.272 e. The molecule has 2 heterocycles. The van der Waals surface area contributed by atoms with E-state index in [0.29, 0.717) is 18.3 Å². The van der Waals surface area contributed by atoms with Crippen molar-refractivity contribution < 1.29 is 4.79 Å². The SMILES string of the molecule is Cc1ccc(CN(C(=O)c2cncn2C)C2CC2)s1. The fourth-order valence-electron chi connectivity index (χ4n) is 2.20. The van der Waals surface area contributed by atoms with Crippen LogP contribution >= 0.6 is 11.3 Å². The van der Waals surface area contributed by atoms with E-state index in [9.17, 15) is 4.79 Å². The number of carbonyl (C=O) groups excluding carboxylic acids is 1. The van der Waals surface area contributed by atoms with Gasteiger partial charge >= 0.3 is 0 Å². The third-order valence-electron chi connectivity index (χ3n) is 3.41. The van der Waals surface area contributed by atoms with Crippen LogP contribution in [0, 0.1) is 6.92 Å². The van der Waals surface area contributed by atoms with Crippen molar-refractivity contribution >= 4 is 17.2 Å². The second-order valence-electron chi connectivity index (χ2n) is 5.07. The van der Waals surface area contributed by atoms with E-state index in [-0.39, 0.29) is 5.91 Å². The minimum Gasteiger partial charge on any atom is -0.330 e. The van der Waals surface area contributed by atoms with Gasteiger partial charge in [-0.25, -0.2) is 4.98 Å². The van der Waals surface area contributed by atoms with Gasteiger partial charge in [-0.05, 0) is 31.9 Å². The number of nitrogens with zero attached hydrogens (tertiary/aromatic N) is 3. The second kappa shape index (κ2) is 4.81. The number of thiophene rings is 1. The van der Waals surface area contributed by atoms with E-state index >= 15 is 0 Å². The summed E-state index contributed by atoms with van der Waals surface area (Å²) in [5, 5.41) is 0. The fourth-order valence-corrected chi connectivity index (χ4v) is 3.09. The molecule has 0 aliphatic heterocycles. The van der Waals surface area contributed by atoms with Crippen LogP contribution in [0.5, 0.6) is 0 Å². The molecule has 3 rings (SSSR count). The number of hydrogen-bond donors (Lipinski definition) is 0. The van der Waals surface area contributed by atoms with Crippen LogP contribution in [0.2, 0.25) is 0 Å². The van der Waals surface area contributed by atoms with Gasteiger partial charge in [-0.3, -0.25) is 4.79 Å². The summed E-state index contributed by atoms with van der Waals surface area (Å²) in [5.41, 5.74) is 0.667. The molecule has 0 aromatic carbocycles. The van der Waals surface area contributed by atoms with Gasteiger partial charge in [0.15, 0.2) is 0 Å². The Morgan fingerprint density at radius 3 is 2.84 bits per heavy atom. The normalized spacial score (nSPS) is 14.6. The van der Waals surface area contributed by atoms with Crippen LogP contribution in [0.4, 0.5) is 0 Å². The molecular weight excluding hydrogens is 258 g/mol. The fraction of sp³-hybridized carbons (Fsp3) is 0.429. The van der Waals surface area contributed by atoms with E-state index in [1.165, 1.54) is 9.75 Å². The summed E-state index contributed by atoms with van der Waals surface area (Å²) < 4.78 is 1.79. The van der Waals surface area contributed by atoms with Gasteiger partial charge in [0.2, 0.25) is 0 Å². The third kappa shape index (κ3) is 2.56. The van der Waals surface area contributed by atoms with Crippen molar-refractivity contribution in [2.75, 3.05) is 0 Å². The maximum absolute atomic E-state index is 12.6. The Balaban J connectivity index is 1.81. The lowest BCUT2D eigenvalue weighted by atomic mass is 10.3. The van der Waals surface area contributed by atoms with E-state index in [4.69, 9.17) is 0 Å². The number of hydrogen-bond acceptors (Lipinski definition) is 3. The first-order valence-electron chi connectivity index (χ1n) is 6.48. The van der Waals surface area contributed by atoms with E-state index < -0.39 is 0 Å². The average Bonchev–Trinajstić information content (AvgIpc) is 3.01. The lowest BCUT2D eigenvalue weighted by Gasteiger charge is -2.21. The van der Waals surface area contributed by atoms with E-state index in [1.54, 1.807) is 28.4 Å². The molecule has 1 aliphatic carbocycles. The summed E-state index contributed by atoms with van der Waals surface area (Å²) >= 11 is 1.76. The smallest absolute Gasteiger partial charge is 0.272 e. The molecule has 19 heavy (non-hydrogen) atoms. The maximum atomic E-state index is 12.6. The van der Waals surface area contributed by atoms with Gasteiger partial charge in [-0.15, -0.1) is 11.3 Å². The Bertz CT molecular complexity index is 597. The van der Waals surface area contributed by atoms with Crippen molar-refractivity contribution in [2.24, 2.45) is 7.05 Å². The number of rotatable bonds is 4. The van der Waals surface area contributed by atoms with Crippen molar-refractivity contribution in [2.45, 2.75) is 32.4 Å². The number of amides is 1. The first-order chi connectivity index (χ1) is 9.15. The van der Waals surface area contributed by atoms with Gasteiger partial charge in [0, 0.05) is 22.8 Å². The lowest BCUT2D eigenvalue weighted by Crippen LogP contribution is -2.33. The zero-order chi connectivity index (χ0) is 13.4. The first kappa shape index (κ1) is 12.4. The molecule has 0 N–H and O–H groups in total. The molecule has 2 aromatic rings. The monoisotopic (exact) mass is 275 g/mol. The molecule has 0 bridgehead atoms. The molecule has 2 aromatic heterocycles. The van der Waals surface area contributed by atoms with E-state index in [1.807, 2.05) is 11.9 Å². The van der Waals surface area contributed by atoms with Crippen LogP contribution in [-0.2, 0) is 13.6 Å². The van der Waals surface area contributed by atoms with Gasteiger partial charge in [0.05, 0.1) is 19.1 Å². The summed E-state index contributed by atoms with van der Waals surface area (Å²) in [6, 6.07) is 4.63. The molecule has 0 spiro atoms. The molecule has 0 atom stereocenters. The quantitative estimate of drug-likeness (QED) is 0.860. The molecule has 0 saturated heterocycles. The molecule has 0 radical (unpaired) electrons. The number of aromatic nitrogens is 2. The van der Waals surface area contributed by atoms with Crippen LogP contribution in [0.1, 0.15) is 33.1 Å². The zero-order valence-electron chi connectivity index (χ0n) is 11.2. The van der Waals surface area contributed by atoms with Gasteiger partial charge in [0.25, 0.3) is 5.91 Å². The van der Waals surface area contributed by atoms with Crippen molar-refractivity contribution in [3.63, 3.8) is 0 Å². The molecule has 1 saturated carbocycles. The van der Waals surface area contributed by atoms with Crippen LogP contribution in [0.25, 0.3) is 0 Å². The summed E-state index contributed by atoms with van der Waals surface area (Å²) in [4.78, 5) is 21.2. The molecule has 100 valence electrons. The van der Waals surface area contributed by atoms with Gasteiger partial charge < -0.3 is 9.47 Å². The third-order valence-corrected chi connectivity index (χ3v) is 4.39. The van der Waals surface area contributed by atoms with Crippen molar-refractivity contribution in [1.82, 2.24) is 14.5 Å². The van der Waals surface area contributed by atoms with Crippen LogP contribution in [0.3, 0.4) is 0 Å². The Kier molecular flexibility index (Phi) is 3.14. The van der Waals surface area contributed by atoms with Crippen LogP contribution in [0.15, 0.2) is 24.7 Å². The van der Waals surface area contributed by atoms with Gasteiger partial charge in [-0.1, -0.05) is 0 Å². The topological polar surface area (TPSA) is 38.1 Å². The average molecular weight is 275 g/mol. The molecule has 1 amide bonds. The molecule has 5 heteroatoms. The number of carbonyl (C=O) groups is 1. The zero-order valence-corrected chi connectivity index (χ0v) is 12.0. The molecule has 4 nitrogen and oxygen atoms in total. The van der Waals surface area contributed by atoms with Gasteiger partial charge in [-0.2, -0.15) is 0 Å². The predicted octanol–water partition coefficient (Wildman–Crippen LogP) is 2.59. The summed E-state index contributed by atoms with van der Waals surface area (Å²) in [7, 11) is 1.86. The number of imidazole rings is 1. The standard InChI is InChI=1S/C14H17N3OS/c1-10-3-6-12(19-10)8-17(11-4-5-11)14(18)13-7-15-9-16(13)2/h3,6-7,9,11H,4-5,8H2,1-2H3. The van der Waals surface area contributed by atoms with Crippen molar-refractivity contribution in [3.8, 4) is 0 Å². The summed E-state index contributed by atoms with van der Waals surface area (Å²) in [6.07, 6.45) is 5.56. The molecule has 0 unspecified atom stereocenters. The Labute approximate surface area is 116 Å². The Hall–Kier alpha value is -1.62. The first-order valence-corrected chi connectivity index (χ1v) is 7.29. The Morgan fingerprint density at radius 1 is 1.53 bits per heavy atom. The number of aryl methyl sites for hydroxylation is 2. The molecule has 1 fully saturated rings. The molecule has 1 aliphatic rings. The highest BCUT2D eigenvalue weighted by Crippen LogP contribution is 2.31. The minimum absolute atomic E-state index is 0.0913. The predicted molar refractivity (Wildman–Crippen MR) is 75.2 cm³/mol. The highest BCUT2D eigenvalue weighted by molar-refractivity contribution is 7.11.